The number of carbonyl (C=O) groups excluding carboxylic acids is 1. The molecule has 1 aliphatic heterocycles. The Balaban J connectivity index is 2.14. The quantitative estimate of drug-likeness (QED) is 0.743. The fourth-order valence-electron chi connectivity index (χ4n) is 1.62. The summed E-state index contributed by atoms with van der Waals surface area (Å²) in [4.78, 5) is 27.9. The first-order chi connectivity index (χ1) is 8.63. The van der Waals surface area contributed by atoms with Gasteiger partial charge >= 0.3 is 0 Å². The molecule has 0 saturated heterocycles. The highest BCUT2D eigenvalue weighted by Crippen LogP contribution is 2.20. The van der Waals surface area contributed by atoms with Gasteiger partial charge in [0.25, 0.3) is 11.5 Å². The predicted octanol–water partition coefficient (Wildman–Crippen LogP) is -0.150. The predicted molar refractivity (Wildman–Crippen MR) is 67.9 cm³/mol. The summed E-state index contributed by atoms with van der Waals surface area (Å²) in [6.07, 6.45) is 1.27. The van der Waals surface area contributed by atoms with Crippen LogP contribution in [0.5, 0.6) is 0 Å². The van der Waals surface area contributed by atoms with Crippen molar-refractivity contribution in [2.75, 3.05) is 12.3 Å². The van der Waals surface area contributed by atoms with E-state index < -0.39 is 12.0 Å². The van der Waals surface area contributed by atoms with Crippen LogP contribution in [0.3, 0.4) is 0 Å². The summed E-state index contributed by atoms with van der Waals surface area (Å²) in [5.74, 6) is 0.328. The summed E-state index contributed by atoms with van der Waals surface area (Å²) in [7, 11) is 0. The molecule has 0 bridgehead atoms. The number of rotatable bonds is 4. The first kappa shape index (κ1) is 13.1. The molecular weight excluding hydrogens is 254 g/mol. The van der Waals surface area contributed by atoms with Gasteiger partial charge in [-0.05, 0) is 6.42 Å². The Kier molecular flexibility index (Phi) is 4.03. The lowest BCUT2D eigenvalue weighted by molar-refractivity contribution is 0.0911. The fraction of sp³-hybridized carbons (Fsp3) is 0.545. The molecule has 0 aromatic carbocycles. The molecule has 7 heteroatoms. The summed E-state index contributed by atoms with van der Waals surface area (Å²) in [5, 5.41) is 12.6. The summed E-state index contributed by atoms with van der Waals surface area (Å²) < 4.78 is 1.51. The van der Waals surface area contributed by atoms with Crippen LogP contribution < -0.4 is 10.9 Å². The summed E-state index contributed by atoms with van der Waals surface area (Å²) >= 11 is 1.50. The van der Waals surface area contributed by atoms with Gasteiger partial charge in [-0.3, -0.25) is 14.2 Å². The molecule has 0 aliphatic carbocycles. The molecule has 2 heterocycles. The molecule has 1 atom stereocenters. The van der Waals surface area contributed by atoms with Crippen molar-refractivity contribution < 1.29 is 9.90 Å². The minimum absolute atomic E-state index is 0.0320. The van der Waals surface area contributed by atoms with E-state index in [1.165, 1.54) is 22.5 Å². The monoisotopic (exact) mass is 269 g/mol. The average Bonchev–Trinajstić information content (AvgIpc) is 2.85. The van der Waals surface area contributed by atoms with Crippen molar-refractivity contribution >= 4 is 17.7 Å². The van der Waals surface area contributed by atoms with Crippen molar-refractivity contribution in [2.45, 2.75) is 31.1 Å². The van der Waals surface area contributed by atoms with Crippen LogP contribution in [-0.4, -0.2) is 39.0 Å². The van der Waals surface area contributed by atoms with Crippen molar-refractivity contribution in [1.29, 1.82) is 0 Å². The molecule has 0 fully saturated rings. The number of carbonyl (C=O) groups is 1. The summed E-state index contributed by atoms with van der Waals surface area (Å²) in [5.41, 5.74) is -0.280. The Bertz CT molecular complexity index is 515. The van der Waals surface area contributed by atoms with Gasteiger partial charge in [-0.15, -0.1) is 0 Å². The van der Waals surface area contributed by atoms with Crippen LogP contribution >= 0.6 is 11.8 Å². The van der Waals surface area contributed by atoms with Crippen LogP contribution in [-0.2, 0) is 6.54 Å². The smallest absolute Gasteiger partial charge is 0.267 e. The van der Waals surface area contributed by atoms with Crippen LogP contribution in [0.1, 0.15) is 23.7 Å². The van der Waals surface area contributed by atoms with Crippen molar-refractivity contribution in [2.24, 2.45) is 0 Å². The van der Waals surface area contributed by atoms with Crippen LogP contribution in [0, 0.1) is 0 Å². The zero-order valence-electron chi connectivity index (χ0n) is 10.0. The van der Waals surface area contributed by atoms with Gasteiger partial charge in [0.2, 0.25) is 0 Å². The van der Waals surface area contributed by atoms with Gasteiger partial charge in [0, 0.05) is 25.0 Å². The highest BCUT2D eigenvalue weighted by Gasteiger charge is 2.19. The summed E-state index contributed by atoms with van der Waals surface area (Å²) in [6.45, 7) is 2.55. The Hall–Kier alpha value is -1.34. The molecule has 1 aliphatic rings. The number of fused-ring (bicyclic) bond motifs is 1. The van der Waals surface area contributed by atoms with E-state index in [1.807, 2.05) is 6.92 Å². The Morgan fingerprint density at radius 3 is 3.22 bits per heavy atom. The molecule has 1 aromatic rings. The van der Waals surface area contributed by atoms with E-state index in [2.05, 4.69) is 10.3 Å². The maximum atomic E-state index is 12.0. The molecule has 2 N–H and O–H groups in total. The van der Waals surface area contributed by atoms with E-state index in [0.29, 0.717) is 18.1 Å². The number of amides is 1. The average molecular weight is 269 g/mol. The third-order valence-corrected chi connectivity index (χ3v) is 3.74. The van der Waals surface area contributed by atoms with Crippen LogP contribution in [0.15, 0.2) is 16.1 Å². The molecule has 2 rings (SSSR count). The second-order valence-electron chi connectivity index (χ2n) is 4.03. The topological polar surface area (TPSA) is 84.2 Å². The lowest BCUT2D eigenvalue weighted by atomic mass is 10.2. The molecule has 0 spiro atoms. The summed E-state index contributed by atoms with van der Waals surface area (Å²) in [6, 6.07) is 0. The van der Waals surface area contributed by atoms with Crippen molar-refractivity contribution in [3.05, 3.63) is 22.1 Å². The highest BCUT2D eigenvalue weighted by molar-refractivity contribution is 7.99. The van der Waals surface area contributed by atoms with Crippen LogP contribution in [0.2, 0.25) is 0 Å². The minimum atomic E-state index is -0.588. The molecule has 1 unspecified atom stereocenters. The lowest BCUT2D eigenvalue weighted by Gasteiger charge is -2.09. The van der Waals surface area contributed by atoms with Gasteiger partial charge in [-0.1, -0.05) is 18.7 Å². The number of aliphatic hydroxyl groups excluding tert-OH is 1. The van der Waals surface area contributed by atoms with E-state index in [0.717, 1.165) is 5.75 Å². The van der Waals surface area contributed by atoms with Crippen molar-refractivity contribution in [1.82, 2.24) is 14.9 Å². The van der Waals surface area contributed by atoms with Gasteiger partial charge in [0.05, 0.1) is 6.10 Å². The Labute approximate surface area is 108 Å². The molecule has 98 valence electrons. The zero-order chi connectivity index (χ0) is 13.1. The normalized spacial score (nSPS) is 15.2. The van der Waals surface area contributed by atoms with Crippen LogP contribution in [0.25, 0.3) is 0 Å². The fourth-order valence-corrected chi connectivity index (χ4v) is 2.54. The number of hydrogen-bond donors (Lipinski definition) is 2. The van der Waals surface area contributed by atoms with E-state index in [1.54, 1.807) is 0 Å². The number of nitrogens with zero attached hydrogens (tertiary/aromatic N) is 2. The number of aromatic nitrogens is 2. The SMILES string of the molecule is CCC(O)CNC(=O)c1cnc2n(c1=O)CCS2. The third-order valence-electron chi connectivity index (χ3n) is 2.77. The maximum absolute atomic E-state index is 12.0. The molecule has 6 nitrogen and oxygen atoms in total. The highest BCUT2D eigenvalue weighted by atomic mass is 32.2. The van der Waals surface area contributed by atoms with E-state index in [4.69, 9.17) is 0 Å². The second-order valence-corrected chi connectivity index (χ2v) is 5.09. The zero-order valence-corrected chi connectivity index (χ0v) is 10.9. The molecule has 0 radical (unpaired) electrons. The van der Waals surface area contributed by atoms with Crippen molar-refractivity contribution in [3.8, 4) is 0 Å². The largest absolute Gasteiger partial charge is 0.391 e. The Morgan fingerprint density at radius 1 is 1.72 bits per heavy atom. The maximum Gasteiger partial charge on any atom is 0.267 e. The van der Waals surface area contributed by atoms with E-state index >= 15 is 0 Å². The van der Waals surface area contributed by atoms with E-state index in [-0.39, 0.29) is 17.7 Å². The Morgan fingerprint density at radius 2 is 2.50 bits per heavy atom. The van der Waals surface area contributed by atoms with Gasteiger partial charge in [-0.2, -0.15) is 0 Å². The standard InChI is InChI=1S/C11H15N3O3S/c1-2-7(15)5-12-9(16)8-6-13-11-14(10(8)17)3-4-18-11/h6-7,15H,2-5H2,1H3,(H,12,16). The number of thioether (sulfide) groups is 1. The molecule has 0 saturated carbocycles. The van der Waals surface area contributed by atoms with Crippen molar-refractivity contribution in [3.63, 3.8) is 0 Å². The van der Waals surface area contributed by atoms with E-state index in [9.17, 15) is 14.7 Å². The molecule has 1 aromatic heterocycles. The minimum Gasteiger partial charge on any atom is -0.391 e. The number of hydrogen-bond acceptors (Lipinski definition) is 5. The van der Waals surface area contributed by atoms with Gasteiger partial charge in [0.15, 0.2) is 5.16 Å². The number of nitrogens with one attached hydrogen (secondary N) is 1. The molecular formula is C11H15N3O3S. The lowest BCUT2D eigenvalue weighted by Crippen LogP contribution is -2.37. The third kappa shape index (κ3) is 2.56. The molecule has 1 amide bonds. The van der Waals surface area contributed by atoms with Crippen LogP contribution in [0.4, 0.5) is 0 Å². The molecule has 18 heavy (non-hydrogen) atoms. The first-order valence-electron chi connectivity index (χ1n) is 5.82. The number of aliphatic hydroxyl groups is 1. The van der Waals surface area contributed by atoms with Gasteiger partial charge in [-0.25, -0.2) is 4.98 Å². The van der Waals surface area contributed by atoms with Gasteiger partial charge in [0.1, 0.15) is 5.56 Å². The second kappa shape index (κ2) is 5.53. The first-order valence-corrected chi connectivity index (χ1v) is 6.81. The van der Waals surface area contributed by atoms with Gasteiger partial charge < -0.3 is 10.4 Å².